The molecule has 0 fully saturated rings. The molecule has 1 N–H and O–H groups in total. The molecule has 3 heteroatoms. The minimum absolute atomic E-state index is 0.238. The van der Waals surface area contributed by atoms with Crippen LogP contribution in [0.2, 0.25) is 0 Å². The summed E-state index contributed by atoms with van der Waals surface area (Å²) in [5.41, 5.74) is 6.93. The van der Waals surface area contributed by atoms with Crippen molar-refractivity contribution < 1.29 is 9.84 Å². The van der Waals surface area contributed by atoms with Crippen LogP contribution in [0.4, 0.5) is 0 Å². The van der Waals surface area contributed by atoms with Crippen molar-refractivity contribution in [3.05, 3.63) is 70.3 Å². The Morgan fingerprint density at radius 3 is 2.43 bits per heavy atom. The lowest BCUT2D eigenvalue weighted by molar-refractivity contribution is 0.134. The predicted molar refractivity (Wildman–Crippen MR) is 115 cm³/mol. The third-order valence-electron chi connectivity index (χ3n) is 5.51. The number of hydrogen-bond donors (Lipinski definition) is 1. The first-order valence-electron chi connectivity index (χ1n) is 9.96. The number of aliphatic imine (C=N–C) groups is 1. The van der Waals surface area contributed by atoms with Crippen LogP contribution in [0.3, 0.4) is 0 Å². The number of allylic oxidation sites excluding steroid dienone is 1. The van der Waals surface area contributed by atoms with Crippen molar-refractivity contribution in [2.24, 2.45) is 4.99 Å². The molecule has 2 aliphatic rings. The van der Waals surface area contributed by atoms with E-state index in [1.165, 1.54) is 5.56 Å². The first-order chi connectivity index (χ1) is 13.1. The van der Waals surface area contributed by atoms with Gasteiger partial charge in [0.1, 0.15) is 5.60 Å². The van der Waals surface area contributed by atoms with E-state index in [1.54, 1.807) is 0 Å². The molecular formula is C25H29NO2. The monoisotopic (exact) mass is 375 g/mol. The van der Waals surface area contributed by atoms with Crippen LogP contribution < -0.4 is 4.74 Å². The summed E-state index contributed by atoms with van der Waals surface area (Å²) in [7, 11) is 0. The number of phenolic OH excluding ortho intramolecular Hbond substituents is 1. The van der Waals surface area contributed by atoms with E-state index in [-0.39, 0.29) is 16.9 Å². The van der Waals surface area contributed by atoms with Crippen LogP contribution in [-0.2, 0) is 19.3 Å². The molecule has 0 spiro atoms. The average molecular weight is 376 g/mol. The Balaban J connectivity index is 2.06. The fourth-order valence-corrected chi connectivity index (χ4v) is 4.49. The van der Waals surface area contributed by atoms with E-state index in [1.807, 2.05) is 13.0 Å². The summed E-state index contributed by atoms with van der Waals surface area (Å²) >= 11 is 0. The molecule has 0 radical (unpaired) electrons. The maximum Gasteiger partial charge on any atom is 0.166 e. The maximum absolute atomic E-state index is 11.2. The summed E-state index contributed by atoms with van der Waals surface area (Å²) in [5, 5.41) is 11.2. The number of rotatable bonds is 3. The highest BCUT2D eigenvalue weighted by atomic mass is 16.5. The van der Waals surface area contributed by atoms with Crippen molar-refractivity contribution >= 4 is 5.71 Å². The Hall–Kier alpha value is -2.55. The standard InChI is InChI=1S/C25H29NO2/c1-15(2)12-17-18-13-24(3,4)26-21(16-10-8-7-9-11-16)20(18)19-14-25(5,6)28-23(19)22(17)27/h7-11,27H,1,12-14H2,2-6H3. The first-order valence-corrected chi connectivity index (χ1v) is 9.96. The van der Waals surface area contributed by atoms with Crippen LogP contribution in [0.25, 0.3) is 0 Å². The molecule has 3 nitrogen and oxygen atoms in total. The van der Waals surface area contributed by atoms with Gasteiger partial charge in [0.2, 0.25) is 0 Å². The maximum atomic E-state index is 11.2. The minimum atomic E-state index is -0.343. The zero-order chi connectivity index (χ0) is 20.3. The van der Waals surface area contributed by atoms with Crippen molar-refractivity contribution in [2.45, 2.75) is 65.0 Å². The highest BCUT2D eigenvalue weighted by Crippen LogP contribution is 2.50. The van der Waals surface area contributed by atoms with Gasteiger partial charge in [-0.25, -0.2) is 0 Å². The molecule has 2 aliphatic heterocycles. The van der Waals surface area contributed by atoms with E-state index >= 15 is 0 Å². The van der Waals surface area contributed by atoms with Gasteiger partial charge >= 0.3 is 0 Å². The van der Waals surface area contributed by atoms with Crippen LogP contribution in [0.5, 0.6) is 11.5 Å². The minimum Gasteiger partial charge on any atom is -0.504 e. The second-order valence-electron chi connectivity index (χ2n) is 9.48. The summed E-state index contributed by atoms with van der Waals surface area (Å²) in [6.45, 7) is 14.6. The van der Waals surface area contributed by atoms with Crippen molar-refractivity contribution in [1.82, 2.24) is 0 Å². The van der Waals surface area contributed by atoms with Crippen LogP contribution in [0.1, 0.15) is 62.4 Å². The molecule has 2 aromatic carbocycles. The van der Waals surface area contributed by atoms with Crippen LogP contribution in [-0.4, -0.2) is 22.0 Å². The number of benzene rings is 2. The Morgan fingerprint density at radius 2 is 1.79 bits per heavy atom. The summed E-state index contributed by atoms with van der Waals surface area (Å²) in [4.78, 5) is 5.16. The highest BCUT2D eigenvalue weighted by Gasteiger charge is 2.41. The molecule has 0 aromatic heterocycles. The van der Waals surface area contributed by atoms with E-state index in [0.717, 1.165) is 46.4 Å². The fourth-order valence-electron chi connectivity index (χ4n) is 4.49. The number of ether oxygens (including phenoxy) is 1. The lowest BCUT2D eigenvalue weighted by Crippen LogP contribution is -2.31. The van der Waals surface area contributed by atoms with Gasteiger partial charge in [0.05, 0.1) is 11.3 Å². The van der Waals surface area contributed by atoms with Gasteiger partial charge in [-0.1, -0.05) is 42.5 Å². The van der Waals surface area contributed by atoms with E-state index in [9.17, 15) is 5.11 Å². The molecule has 28 heavy (non-hydrogen) atoms. The summed E-state index contributed by atoms with van der Waals surface area (Å²) in [6, 6.07) is 10.4. The molecule has 0 saturated carbocycles. The molecule has 4 rings (SSSR count). The lowest BCUT2D eigenvalue weighted by atomic mass is 9.77. The van der Waals surface area contributed by atoms with Gasteiger partial charge in [-0.3, -0.25) is 4.99 Å². The molecular weight excluding hydrogens is 346 g/mol. The van der Waals surface area contributed by atoms with Crippen LogP contribution >= 0.6 is 0 Å². The molecule has 0 aliphatic carbocycles. The third-order valence-corrected chi connectivity index (χ3v) is 5.51. The number of nitrogens with zero attached hydrogens (tertiary/aromatic N) is 1. The van der Waals surface area contributed by atoms with Gasteiger partial charge in [-0.2, -0.15) is 0 Å². The summed E-state index contributed by atoms with van der Waals surface area (Å²) in [5.74, 6) is 0.913. The van der Waals surface area contributed by atoms with E-state index in [4.69, 9.17) is 9.73 Å². The van der Waals surface area contributed by atoms with Crippen molar-refractivity contribution in [2.75, 3.05) is 0 Å². The van der Waals surface area contributed by atoms with Gasteiger partial charge in [0, 0.05) is 28.7 Å². The van der Waals surface area contributed by atoms with Gasteiger partial charge in [-0.05, 0) is 53.0 Å². The summed E-state index contributed by atoms with van der Waals surface area (Å²) < 4.78 is 6.21. The Morgan fingerprint density at radius 1 is 1.11 bits per heavy atom. The van der Waals surface area contributed by atoms with Gasteiger partial charge in [-0.15, -0.1) is 0 Å². The topological polar surface area (TPSA) is 41.8 Å². The largest absolute Gasteiger partial charge is 0.504 e. The normalized spacial score (nSPS) is 18.7. The van der Waals surface area contributed by atoms with Crippen molar-refractivity contribution in [3.8, 4) is 11.5 Å². The second kappa shape index (κ2) is 6.23. The molecule has 0 amide bonds. The molecule has 2 aromatic rings. The van der Waals surface area contributed by atoms with Crippen molar-refractivity contribution in [1.29, 1.82) is 0 Å². The zero-order valence-electron chi connectivity index (χ0n) is 17.5. The fraction of sp³-hybridized carbons (Fsp3) is 0.400. The van der Waals surface area contributed by atoms with Gasteiger partial charge in [0.15, 0.2) is 11.5 Å². The Kier molecular flexibility index (Phi) is 4.18. The highest BCUT2D eigenvalue weighted by molar-refractivity contribution is 6.16. The lowest BCUT2D eigenvalue weighted by Gasteiger charge is -2.32. The molecule has 2 heterocycles. The number of hydrogen-bond acceptors (Lipinski definition) is 3. The Labute approximate surface area is 167 Å². The molecule has 0 bridgehead atoms. The van der Waals surface area contributed by atoms with E-state index < -0.39 is 0 Å². The van der Waals surface area contributed by atoms with E-state index in [0.29, 0.717) is 12.2 Å². The summed E-state index contributed by atoms with van der Waals surface area (Å²) in [6.07, 6.45) is 2.20. The molecule has 0 saturated heterocycles. The number of fused-ring (bicyclic) bond motifs is 3. The zero-order valence-corrected chi connectivity index (χ0v) is 17.5. The van der Waals surface area contributed by atoms with Gasteiger partial charge in [0.25, 0.3) is 0 Å². The molecule has 0 atom stereocenters. The second-order valence-corrected chi connectivity index (χ2v) is 9.48. The van der Waals surface area contributed by atoms with Crippen LogP contribution in [0.15, 0.2) is 47.5 Å². The molecule has 0 unspecified atom stereocenters. The molecule has 146 valence electrons. The third kappa shape index (κ3) is 3.13. The smallest absolute Gasteiger partial charge is 0.166 e. The first kappa shape index (κ1) is 18.8. The number of aromatic hydroxyl groups is 1. The quantitative estimate of drug-likeness (QED) is 0.730. The van der Waals surface area contributed by atoms with Gasteiger partial charge < -0.3 is 9.84 Å². The Bertz CT molecular complexity index is 997. The number of phenols is 1. The van der Waals surface area contributed by atoms with Crippen molar-refractivity contribution in [3.63, 3.8) is 0 Å². The average Bonchev–Trinajstić information content (AvgIpc) is 2.93. The predicted octanol–water partition coefficient (Wildman–Crippen LogP) is 5.40. The van der Waals surface area contributed by atoms with Crippen LogP contribution in [0, 0.1) is 0 Å². The SMILES string of the molecule is C=C(C)Cc1c(O)c2c(c3c1CC(C)(C)N=C3c1ccccc1)CC(C)(C)O2. The van der Waals surface area contributed by atoms with E-state index in [2.05, 4.69) is 58.5 Å².